The van der Waals surface area contributed by atoms with Crippen LogP contribution >= 0.6 is 0 Å². The Morgan fingerprint density at radius 2 is 1.94 bits per heavy atom. The Kier molecular flexibility index (Phi) is 5.08. The molecule has 3 aliphatic carbocycles. The number of aliphatic hydroxyl groups excluding tert-OH is 1. The fourth-order valence-corrected chi connectivity index (χ4v) is 4.14. The van der Waals surface area contributed by atoms with Gasteiger partial charge in [-0.25, -0.2) is 0 Å². The maximum Gasteiger partial charge on any atom is 0.0468 e. The molecule has 0 radical (unpaired) electrons. The molecule has 2 heteroatoms. The molecule has 0 amide bonds. The van der Waals surface area contributed by atoms with Gasteiger partial charge in [-0.2, -0.15) is 0 Å². The van der Waals surface area contributed by atoms with Crippen LogP contribution in [0.25, 0.3) is 0 Å². The highest BCUT2D eigenvalue weighted by Crippen LogP contribution is 2.61. The van der Waals surface area contributed by atoms with Crippen LogP contribution in [0, 0.1) is 23.2 Å². The van der Waals surface area contributed by atoms with Crippen molar-refractivity contribution in [2.75, 3.05) is 19.8 Å². The first-order chi connectivity index (χ1) is 8.66. The van der Waals surface area contributed by atoms with Crippen LogP contribution in [0.4, 0.5) is 0 Å². The van der Waals surface area contributed by atoms with Crippen molar-refractivity contribution in [3.8, 4) is 0 Å². The first-order valence-electron chi connectivity index (χ1n) is 7.85. The van der Waals surface area contributed by atoms with E-state index in [1.165, 1.54) is 25.7 Å². The summed E-state index contributed by atoms with van der Waals surface area (Å²) in [6, 6.07) is 0. The van der Waals surface area contributed by atoms with Gasteiger partial charge in [0.25, 0.3) is 0 Å². The summed E-state index contributed by atoms with van der Waals surface area (Å²) < 4.78 is 5.74. The van der Waals surface area contributed by atoms with Crippen molar-refractivity contribution in [2.24, 2.45) is 23.2 Å². The van der Waals surface area contributed by atoms with E-state index in [4.69, 9.17) is 9.84 Å². The Labute approximate surface area is 112 Å². The van der Waals surface area contributed by atoms with Gasteiger partial charge in [0.1, 0.15) is 0 Å². The van der Waals surface area contributed by atoms with Gasteiger partial charge in [-0.15, -0.1) is 0 Å². The summed E-state index contributed by atoms with van der Waals surface area (Å²) in [5, 5.41) is 8.68. The van der Waals surface area contributed by atoms with Crippen molar-refractivity contribution >= 4 is 0 Å². The lowest BCUT2D eigenvalue weighted by atomic mass is 9.45. The Balaban J connectivity index is 1.54. The third-order valence-electron chi connectivity index (χ3n) is 5.58. The van der Waals surface area contributed by atoms with E-state index in [-0.39, 0.29) is 0 Å². The molecule has 0 aromatic carbocycles. The minimum Gasteiger partial charge on any atom is -0.396 e. The van der Waals surface area contributed by atoms with Gasteiger partial charge in [0.2, 0.25) is 0 Å². The summed E-state index contributed by atoms with van der Waals surface area (Å²) in [4.78, 5) is 0. The third kappa shape index (κ3) is 3.08. The molecule has 3 rings (SSSR count). The number of rotatable bonds is 8. The zero-order chi connectivity index (χ0) is 13.0. The van der Waals surface area contributed by atoms with Crippen LogP contribution in [0.3, 0.4) is 0 Å². The Bertz CT molecular complexity index is 247. The highest BCUT2D eigenvalue weighted by atomic mass is 16.5. The molecular weight excluding hydrogens is 224 g/mol. The van der Waals surface area contributed by atoms with Gasteiger partial charge in [0.15, 0.2) is 0 Å². The van der Waals surface area contributed by atoms with E-state index in [1.54, 1.807) is 0 Å². The van der Waals surface area contributed by atoms with Crippen molar-refractivity contribution in [2.45, 2.75) is 58.8 Å². The summed E-state index contributed by atoms with van der Waals surface area (Å²) in [5.41, 5.74) is 0.615. The maximum absolute atomic E-state index is 8.68. The van der Waals surface area contributed by atoms with E-state index in [2.05, 4.69) is 13.8 Å². The summed E-state index contributed by atoms with van der Waals surface area (Å²) in [5.74, 6) is 2.90. The fourth-order valence-electron chi connectivity index (χ4n) is 4.14. The Morgan fingerprint density at radius 3 is 2.61 bits per heavy atom. The fraction of sp³-hybridized carbons (Fsp3) is 1.00. The molecule has 0 aliphatic heterocycles. The van der Waals surface area contributed by atoms with E-state index in [0.29, 0.717) is 12.0 Å². The van der Waals surface area contributed by atoms with Gasteiger partial charge in [-0.05, 0) is 68.1 Å². The van der Waals surface area contributed by atoms with Crippen molar-refractivity contribution in [3.05, 3.63) is 0 Å². The minimum absolute atomic E-state index is 0.319. The summed E-state index contributed by atoms with van der Waals surface area (Å²) in [7, 11) is 0. The summed E-state index contributed by atoms with van der Waals surface area (Å²) in [6.45, 7) is 7.08. The van der Waals surface area contributed by atoms with E-state index in [9.17, 15) is 0 Å². The zero-order valence-electron chi connectivity index (χ0n) is 12.2. The van der Waals surface area contributed by atoms with Crippen molar-refractivity contribution in [3.63, 3.8) is 0 Å². The van der Waals surface area contributed by atoms with Gasteiger partial charge in [0.05, 0.1) is 0 Å². The van der Waals surface area contributed by atoms with Gasteiger partial charge < -0.3 is 9.84 Å². The lowest BCUT2D eigenvalue weighted by Gasteiger charge is -2.60. The molecular formula is C16H30O2. The zero-order valence-corrected chi connectivity index (χ0v) is 12.2. The van der Waals surface area contributed by atoms with Crippen LogP contribution in [0.5, 0.6) is 0 Å². The van der Waals surface area contributed by atoms with E-state index in [1.807, 2.05) is 0 Å². The normalized spacial score (nSPS) is 33.2. The van der Waals surface area contributed by atoms with E-state index in [0.717, 1.165) is 50.2 Å². The molecule has 106 valence electrons. The van der Waals surface area contributed by atoms with E-state index >= 15 is 0 Å². The Hall–Kier alpha value is -0.0800. The van der Waals surface area contributed by atoms with Crippen molar-refractivity contribution in [1.82, 2.24) is 0 Å². The molecule has 0 spiro atoms. The van der Waals surface area contributed by atoms with Crippen LogP contribution in [0.2, 0.25) is 0 Å². The number of hydrogen-bond acceptors (Lipinski definition) is 2. The SMILES string of the molecule is CC1(C)[C@H]2CC[C@@H](CCOCCCCCO)[C@@H]1C2. The van der Waals surface area contributed by atoms with Crippen LogP contribution in [0.15, 0.2) is 0 Å². The number of fused-ring (bicyclic) bond motifs is 2. The number of ether oxygens (including phenoxy) is 1. The van der Waals surface area contributed by atoms with Gasteiger partial charge >= 0.3 is 0 Å². The average molecular weight is 254 g/mol. The molecule has 18 heavy (non-hydrogen) atoms. The van der Waals surface area contributed by atoms with Crippen molar-refractivity contribution in [1.29, 1.82) is 0 Å². The summed E-state index contributed by atoms with van der Waals surface area (Å²) >= 11 is 0. The number of hydrogen-bond donors (Lipinski definition) is 1. The quantitative estimate of drug-likeness (QED) is 0.670. The molecule has 0 saturated heterocycles. The molecule has 3 aliphatic rings. The molecule has 3 saturated carbocycles. The standard InChI is InChI=1S/C16H30O2/c1-16(2)14-7-6-13(15(16)12-14)8-11-18-10-5-3-4-9-17/h13-15,17H,3-12H2,1-2H3/t13-,14-,15-/m0/s1. The molecule has 0 unspecified atom stereocenters. The molecule has 0 heterocycles. The Morgan fingerprint density at radius 1 is 1.11 bits per heavy atom. The van der Waals surface area contributed by atoms with Gasteiger partial charge in [-0.3, -0.25) is 0 Å². The number of aliphatic hydroxyl groups is 1. The first kappa shape index (κ1) is 14.3. The second-order valence-electron chi connectivity index (χ2n) is 6.88. The largest absolute Gasteiger partial charge is 0.396 e. The highest BCUT2D eigenvalue weighted by Gasteiger charge is 2.53. The molecule has 1 N–H and O–H groups in total. The lowest BCUT2D eigenvalue weighted by molar-refractivity contribution is -0.111. The topological polar surface area (TPSA) is 29.5 Å². The molecule has 2 nitrogen and oxygen atoms in total. The monoisotopic (exact) mass is 254 g/mol. The van der Waals surface area contributed by atoms with Crippen LogP contribution in [0.1, 0.15) is 58.8 Å². The second-order valence-corrected chi connectivity index (χ2v) is 6.88. The maximum atomic E-state index is 8.68. The van der Waals surface area contributed by atoms with E-state index < -0.39 is 0 Å². The number of unbranched alkanes of at least 4 members (excludes halogenated alkanes) is 2. The molecule has 2 bridgehead atoms. The van der Waals surface area contributed by atoms with Crippen LogP contribution in [-0.2, 0) is 4.74 Å². The predicted octanol–water partition coefficient (Wildman–Crippen LogP) is 3.63. The van der Waals surface area contributed by atoms with Crippen molar-refractivity contribution < 1.29 is 9.84 Å². The van der Waals surface area contributed by atoms with Gasteiger partial charge in [-0.1, -0.05) is 13.8 Å². The molecule has 3 atom stereocenters. The second kappa shape index (κ2) is 6.38. The highest BCUT2D eigenvalue weighted by molar-refractivity contribution is 5.03. The predicted molar refractivity (Wildman–Crippen MR) is 74.5 cm³/mol. The first-order valence-corrected chi connectivity index (χ1v) is 7.85. The smallest absolute Gasteiger partial charge is 0.0468 e. The molecule has 3 fully saturated rings. The van der Waals surface area contributed by atoms with Crippen LogP contribution < -0.4 is 0 Å². The molecule has 0 aromatic heterocycles. The summed E-state index contributed by atoms with van der Waals surface area (Å²) in [6.07, 6.45) is 8.75. The molecule has 0 aromatic rings. The van der Waals surface area contributed by atoms with Crippen LogP contribution in [-0.4, -0.2) is 24.9 Å². The third-order valence-corrected chi connectivity index (χ3v) is 5.58. The van der Waals surface area contributed by atoms with Gasteiger partial charge in [0, 0.05) is 19.8 Å². The lowest BCUT2D eigenvalue weighted by Crippen LogP contribution is -2.52. The average Bonchev–Trinajstić information content (AvgIpc) is 2.37. The minimum atomic E-state index is 0.319.